The standard InChI is InChI=1S/C20H27N5O4/c1-11-3-4-14(12(2)9-11)21-18(27)13-10-15(26)22-17-16(13)19(28)24-20(23-17)25-5-7-29-8-6-25/h3-4,9,13,16-17,20,23H,5-8,10H2,1-2H3,(H,21,27)(H,22,26)(H,24,28). The molecule has 1 aromatic carbocycles. The predicted molar refractivity (Wildman–Crippen MR) is 106 cm³/mol. The van der Waals surface area contributed by atoms with Gasteiger partial charge in [0.2, 0.25) is 17.7 Å². The number of hydrogen-bond acceptors (Lipinski definition) is 6. The molecule has 3 amide bonds. The van der Waals surface area contributed by atoms with Crippen LogP contribution in [0.5, 0.6) is 0 Å². The Kier molecular flexibility index (Phi) is 5.53. The van der Waals surface area contributed by atoms with E-state index in [-0.39, 0.29) is 24.1 Å². The molecule has 4 atom stereocenters. The average Bonchev–Trinajstić information content (AvgIpc) is 2.69. The molecule has 9 nitrogen and oxygen atoms in total. The maximum absolute atomic E-state index is 13.0. The van der Waals surface area contributed by atoms with E-state index in [2.05, 4.69) is 26.2 Å². The van der Waals surface area contributed by atoms with Crippen LogP contribution in [0.3, 0.4) is 0 Å². The zero-order chi connectivity index (χ0) is 20.5. The Bertz CT molecular complexity index is 823. The third-order valence-electron chi connectivity index (χ3n) is 5.82. The van der Waals surface area contributed by atoms with Crippen LogP contribution in [0.2, 0.25) is 0 Å². The van der Waals surface area contributed by atoms with E-state index in [1.807, 2.05) is 32.0 Å². The normalized spacial score (nSPS) is 30.1. The van der Waals surface area contributed by atoms with Crippen LogP contribution in [0.4, 0.5) is 5.69 Å². The minimum Gasteiger partial charge on any atom is -0.379 e. The predicted octanol–water partition coefficient (Wildman–Crippen LogP) is -0.344. The van der Waals surface area contributed by atoms with Crippen LogP contribution in [0.15, 0.2) is 18.2 Å². The summed E-state index contributed by atoms with van der Waals surface area (Å²) in [4.78, 5) is 40.3. The molecule has 4 N–H and O–H groups in total. The van der Waals surface area contributed by atoms with Gasteiger partial charge in [0, 0.05) is 25.2 Å². The molecule has 0 radical (unpaired) electrons. The molecule has 4 unspecified atom stereocenters. The average molecular weight is 401 g/mol. The Labute approximate surface area is 169 Å². The minimum absolute atomic E-state index is 0.0186. The molecule has 4 rings (SSSR count). The zero-order valence-electron chi connectivity index (χ0n) is 16.7. The summed E-state index contributed by atoms with van der Waals surface area (Å²) in [6.45, 7) is 6.45. The van der Waals surface area contributed by atoms with E-state index < -0.39 is 24.3 Å². The summed E-state index contributed by atoms with van der Waals surface area (Å²) in [5, 5.41) is 12.0. The highest BCUT2D eigenvalue weighted by Crippen LogP contribution is 2.29. The van der Waals surface area contributed by atoms with Gasteiger partial charge in [-0.2, -0.15) is 0 Å². The van der Waals surface area contributed by atoms with Gasteiger partial charge in [-0.3, -0.25) is 24.6 Å². The first-order valence-electron chi connectivity index (χ1n) is 9.98. The van der Waals surface area contributed by atoms with Gasteiger partial charge in [0.15, 0.2) is 0 Å². The molecule has 3 saturated heterocycles. The smallest absolute Gasteiger partial charge is 0.229 e. The Balaban J connectivity index is 1.50. The van der Waals surface area contributed by atoms with Crippen molar-refractivity contribution in [3.05, 3.63) is 29.3 Å². The molecule has 0 saturated carbocycles. The van der Waals surface area contributed by atoms with Crippen LogP contribution in [-0.2, 0) is 19.1 Å². The lowest BCUT2D eigenvalue weighted by Gasteiger charge is -2.46. The molecular formula is C20H27N5O4. The largest absolute Gasteiger partial charge is 0.379 e. The first-order chi connectivity index (χ1) is 13.9. The van der Waals surface area contributed by atoms with Crippen LogP contribution in [0.25, 0.3) is 0 Å². The van der Waals surface area contributed by atoms with Gasteiger partial charge in [0.1, 0.15) is 6.29 Å². The van der Waals surface area contributed by atoms with Gasteiger partial charge >= 0.3 is 0 Å². The first kappa shape index (κ1) is 19.8. The van der Waals surface area contributed by atoms with Gasteiger partial charge in [0.05, 0.1) is 31.2 Å². The maximum Gasteiger partial charge on any atom is 0.229 e. The van der Waals surface area contributed by atoms with E-state index in [9.17, 15) is 14.4 Å². The van der Waals surface area contributed by atoms with Crippen LogP contribution >= 0.6 is 0 Å². The minimum atomic E-state index is -0.743. The number of benzene rings is 1. The number of piperidine rings is 1. The van der Waals surface area contributed by atoms with Crippen molar-refractivity contribution in [1.82, 2.24) is 20.9 Å². The highest BCUT2D eigenvalue weighted by atomic mass is 16.5. The maximum atomic E-state index is 13.0. The van der Waals surface area contributed by atoms with Crippen molar-refractivity contribution in [2.24, 2.45) is 11.8 Å². The van der Waals surface area contributed by atoms with Crippen LogP contribution in [0.1, 0.15) is 17.5 Å². The van der Waals surface area contributed by atoms with Crippen molar-refractivity contribution >= 4 is 23.4 Å². The fraction of sp³-hybridized carbons (Fsp3) is 0.550. The summed E-state index contributed by atoms with van der Waals surface area (Å²) in [5.41, 5.74) is 2.73. The molecule has 0 spiro atoms. The van der Waals surface area contributed by atoms with E-state index >= 15 is 0 Å². The second-order valence-corrected chi connectivity index (χ2v) is 7.92. The molecular weight excluding hydrogens is 374 g/mol. The number of hydrogen-bond donors (Lipinski definition) is 4. The van der Waals surface area contributed by atoms with Gasteiger partial charge in [-0.05, 0) is 25.5 Å². The molecule has 29 heavy (non-hydrogen) atoms. The van der Waals surface area contributed by atoms with Gasteiger partial charge in [-0.25, -0.2) is 0 Å². The van der Waals surface area contributed by atoms with Gasteiger partial charge in [-0.15, -0.1) is 0 Å². The molecule has 3 aliphatic heterocycles. The van der Waals surface area contributed by atoms with E-state index in [1.54, 1.807) is 0 Å². The Morgan fingerprint density at radius 3 is 2.66 bits per heavy atom. The molecule has 3 heterocycles. The molecule has 0 aromatic heterocycles. The highest BCUT2D eigenvalue weighted by molar-refractivity contribution is 6.00. The third kappa shape index (κ3) is 4.12. The summed E-state index contributed by atoms with van der Waals surface area (Å²) in [5.74, 6) is -2.20. The van der Waals surface area contributed by atoms with Crippen LogP contribution < -0.4 is 21.3 Å². The van der Waals surface area contributed by atoms with Crippen molar-refractivity contribution in [1.29, 1.82) is 0 Å². The van der Waals surface area contributed by atoms with Gasteiger partial charge < -0.3 is 20.7 Å². The first-order valence-corrected chi connectivity index (χ1v) is 9.98. The number of carbonyl (C=O) groups excluding carboxylic acids is 3. The molecule has 0 bridgehead atoms. The summed E-state index contributed by atoms with van der Waals surface area (Å²) in [7, 11) is 0. The monoisotopic (exact) mass is 401 g/mol. The third-order valence-corrected chi connectivity index (χ3v) is 5.82. The summed E-state index contributed by atoms with van der Waals surface area (Å²) < 4.78 is 5.36. The van der Waals surface area contributed by atoms with Crippen molar-refractivity contribution in [2.75, 3.05) is 31.6 Å². The van der Waals surface area contributed by atoms with E-state index in [1.165, 1.54) is 0 Å². The summed E-state index contributed by atoms with van der Waals surface area (Å²) >= 11 is 0. The number of anilines is 1. The Morgan fingerprint density at radius 1 is 1.17 bits per heavy atom. The van der Waals surface area contributed by atoms with E-state index in [4.69, 9.17) is 4.74 Å². The molecule has 3 aliphatic rings. The topological polar surface area (TPSA) is 112 Å². The Morgan fingerprint density at radius 2 is 1.93 bits per heavy atom. The molecule has 1 aromatic rings. The SMILES string of the molecule is Cc1ccc(NC(=O)C2CC(=O)NC3NC(N4CCOCC4)NC(=O)C32)c(C)c1. The summed E-state index contributed by atoms with van der Waals surface area (Å²) in [6, 6.07) is 5.74. The second kappa shape index (κ2) is 8.10. The van der Waals surface area contributed by atoms with Crippen molar-refractivity contribution in [3.63, 3.8) is 0 Å². The lowest BCUT2D eigenvalue weighted by Crippen LogP contribution is -2.74. The molecule has 9 heteroatoms. The molecule has 0 aliphatic carbocycles. The fourth-order valence-corrected chi connectivity index (χ4v) is 4.27. The Hall–Kier alpha value is -2.49. The number of fused-ring (bicyclic) bond motifs is 1. The lowest BCUT2D eigenvalue weighted by atomic mass is 9.81. The number of ether oxygens (including phenoxy) is 1. The number of rotatable bonds is 3. The molecule has 3 fully saturated rings. The molecule has 156 valence electrons. The number of nitrogens with zero attached hydrogens (tertiary/aromatic N) is 1. The number of morpholine rings is 1. The van der Waals surface area contributed by atoms with Crippen LogP contribution in [0, 0.1) is 25.7 Å². The van der Waals surface area contributed by atoms with Crippen LogP contribution in [-0.4, -0.2) is 61.4 Å². The fourth-order valence-electron chi connectivity index (χ4n) is 4.27. The van der Waals surface area contributed by atoms with E-state index in [0.29, 0.717) is 32.0 Å². The number of carbonyl (C=O) groups is 3. The zero-order valence-corrected chi connectivity index (χ0v) is 16.7. The summed E-state index contributed by atoms with van der Waals surface area (Å²) in [6.07, 6.45) is -1.00. The highest BCUT2D eigenvalue weighted by Gasteiger charge is 2.49. The number of aryl methyl sites for hydroxylation is 2. The van der Waals surface area contributed by atoms with Crippen molar-refractivity contribution in [3.8, 4) is 0 Å². The quantitative estimate of drug-likeness (QED) is 0.551. The van der Waals surface area contributed by atoms with Gasteiger partial charge in [-0.1, -0.05) is 17.7 Å². The lowest BCUT2D eigenvalue weighted by molar-refractivity contribution is -0.148. The van der Waals surface area contributed by atoms with Crippen molar-refractivity contribution in [2.45, 2.75) is 32.7 Å². The number of nitrogens with one attached hydrogen (secondary N) is 4. The number of amides is 3. The van der Waals surface area contributed by atoms with Gasteiger partial charge in [0.25, 0.3) is 0 Å². The second-order valence-electron chi connectivity index (χ2n) is 7.92. The van der Waals surface area contributed by atoms with Crippen molar-refractivity contribution < 1.29 is 19.1 Å². The van der Waals surface area contributed by atoms with E-state index in [0.717, 1.165) is 11.1 Å².